The van der Waals surface area contributed by atoms with Gasteiger partial charge in [-0.05, 0) is 12.1 Å². The fourth-order valence-electron chi connectivity index (χ4n) is 1.49. The van der Waals surface area contributed by atoms with E-state index in [0.29, 0.717) is 0 Å². The third-order valence-corrected chi connectivity index (χ3v) is 2.17. The van der Waals surface area contributed by atoms with E-state index in [4.69, 9.17) is 0 Å². The zero-order valence-corrected chi connectivity index (χ0v) is 8.10. The van der Waals surface area contributed by atoms with Crippen LogP contribution in [0.5, 0.6) is 0 Å². The van der Waals surface area contributed by atoms with Crippen molar-refractivity contribution in [2.24, 2.45) is 0 Å². The van der Waals surface area contributed by atoms with Crippen LogP contribution in [-0.4, -0.2) is 15.7 Å². The van der Waals surface area contributed by atoms with Crippen LogP contribution in [0.1, 0.15) is 0 Å². The molecule has 0 amide bonds. The highest BCUT2D eigenvalue weighted by atomic mass is 16.4. The maximum absolute atomic E-state index is 11.7. The number of carbonyl (C=O) groups excluding carboxylic acids is 1. The zero-order chi connectivity index (χ0) is 11.7. The number of aromatic nitrogens is 2. The van der Waals surface area contributed by atoms with E-state index in [1.807, 2.05) is 0 Å². The molecular formula is C10H7N2O4-. The smallest absolute Gasteiger partial charge is 0.273 e. The van der Waals surface area contributed by atoms with Gasteiger partial charge in [0.2, 0.25) is 0 Å². The van der Waals surface area contributed by atoms with E-state index in [1.165, 1.54) is 12.1 Å². The summed E-state index contributed by atoms with van der Waals surface area (Å²) in [5, 5.41) is 13.0. The van der Waals surface area contributed by atoms with Gasteiger partial charge in [-0.25, -0.2) is 4.68 Å². The van der Waals surface area contributed by atoms with Gasteiger partial charge in [0.15, 0.2) is 0 Å². The number of H-pyrrole nitrogens is 1. The van der Waals surface area contributed by atoms with Gasteiger partial charge in [0.25, 0.3) is 11.1 Å². The van der Waals surface area contributed by atoms with E-state index in [0.717, 1.165) is 4.68 Å². The molecular weight excluding hydrogens is 212 g/mol. The maximum Gasteiger partial charge on any atom is 0.273 e. The number of nitrogens with one attached hydrogen (secondary N) is 1. The van der Waals surface area contributed by atoms with Crippen molar-refractivity contribution in [3.05, 3.63) is 45.0 Å². The number of carboxylic acids is 1. The molecule has 0 aliphatic carbocycles. The van der Waals surface area contributed by atoms with Crippen molar-refractivity contribution in [1.82, 2.24) is 9.78 Å². The minimum Gasteiger partial charge on any atom is -0.548 e. The van der Waals surface area contributed by atoms with E-state index in [1.54, 1.807) is 12.1 Å². The molecule has 0 radical (unpaired) electrons. The molecule has 1 aromatic carbocycles. The third-order valence-electron chi connectivity index (χ3n) is 2.17. The van der Waals surface area contributed by atoms with Crippen LogP contribution in [0.4, 0.5) is 0 Å². The third kappa shape index (κ3) is 1.60. The van der Waals surface area contributed by atoms with Crippen LogP contribution in [0.25, 0.3) is 10.8 Å². The molecule has 0 aliphatic heterocycles. The van der Waals surface area contributed by atoms with Crippen LogP contribution in [0.15, 0.2) is 33.9 Å². The Bertz CT molecular complexity index is 668. The van der Waals surface area contributed by atoms with Crippen LogP contribution in [0, 0.1) is 0 Å². The number of rotatable bonds is 2. The van der Waals surface area contributed by atoms with E-state index in [-0.39, 0.29) is 10.8 Å². The molecule has 82 valence electrons. The summed E-state index contributed by atoms with van der Waals surface area (Å²) in [6.07, 6.45) is 0. The highest BCUT2D eigenvalue weighted by Crippen LogP contribution is 2.01. The van der Waals surface area contributed by atoms with Crippen molar-refractivity contribution in [3.8, 4) is 0 Å². The topological polar surface area (TPSA) is 95.0 Å². The van der Waals surface area contributed by atoms with Crippen LogP contribution in [0.2, 0.25) is 0 Å². The van der Waals surface area contributed by atoms with Crippen LogP contribution >= 0.6 is 0 Å². The van der Waals surface area contributed by atoms with Crippen LogP contribution in [0.3, 0.4) is 0 Å². The Labute approximate surface area is 88.7 Å². The molecule has 2 rings (SSSR count). The van der Waals surface area contributed by atoms with Gasteiger partial charge in [-0.3, -0.25) is 14.7 Å². The minimum atomic E-state index is -1.44. The van der Waals surface area contributed by atoms with Crippen molar-refractivity contribution >= 4 is 16.7 Å². The van der Waals surface area contributed by atoms with Gasteiger partial charge in [-0.2, -0.15) is 0 Å². The number of aliphatic carboxylic acids is 1. The quantitative estimate of drug-likeness (QED) is 0.660. The first kappa shape index (κ1) is 10.2. The highest BCUT2D eigenvalue weighted by Gasteiger charge is 2.05. The summed E-state index contributed by atoms with van der Waals surface area (Å²) >= 11 is 0. The lowest BCUT2D eigenvalue weighted by Crippen LogP contribution is -2.37. The predicted molar refractivity (Wildman–Crippen MR) is 53.8 cm³/mol. The first-order chi connectivity index (χ1) is 7.59. The zero-order valence-electron chi connectivity index (χ0n) is 8.10. The molecule has 0 atom stereocenters. The van der Waals surface area contributed by atoms with Crippen molar-refractivity contribution in [2.45, 2.75) is 6.54 Å². The summed E-state index contributed by atoms with van der Waals surface area (Å²) in [7, 11) is 0. The molecule has 0 saturated carbocycles. The minimum absolute atomic E-state index is 0.188. The number of carboxylic acid groups (broad SMARTS) is 1. The number of hydrogen-bond donors (Lipinski definition) is 1. The molecule has 6 nitrogen and oxygen atoms in total. The molecule has 6 heteroatoms. The Balaban J connectivity index is 2.81. The van der Waals surface area contributed by atoms with Gasteiger partial charge in [0, 0.05) is 0 Å². The molecule has 16 heavy (non-hydrogen) atoms. The summed E-state index contributed by atoms with van der Waals surface area (Å²) in [6, 6.07) is 6.20. The molecule has 1 N–H and O–H groups in total. The van der Waals surface area contributed by atoms with Gasteiger partial charge in [-0.1, -0.05) is 12.1 Å². The summed E-state index contributed by atoms with van der Waals surface area (Å²) < 4.78 is 0.722. The standard InChI is InChI=1S/C10H8N2O4/c13-8(14)5-12-10(16)7-4-2-1-3-6(7)9(15)11-12/h1-4H,5H2,(H,11,15)(H,13,14)/p-1. The average Bonchev–Trinajstić information content (AvgIpc) is 2.25. The lowest BCUT2D eigenvalue weighted by molar-refractivity contribution is -0.306. The van der Waals surface area contributed by atoms with Gasteiger partial charge in [-0.15, -0.1) is 0 Å². The monoisotopic (exact) mass is 219 g/mol. The summed E-state index contributed by atoms with van der Waals surface area (Å²) in [4.78, 5) is 33.6. The molecule has 0 aliphatic rings. The average molecular weight is 219 g/mol. The fourth-order valence-corrected chi connectivity index (χ4v) is 1.49. The van der Waals surface area contributed by atoms with Gasteiger partial charge < -0.3 is 9.90 Å². The normalized spacial score (nSPS) is 10.5. The SMILES string of the molecule is O=C([O-])Cn1[nH]c(=O)c2ccccc2c1=O. The Kier molecular flexibility index (Phi) is 2.32. The molecule has 0 spiro atoms. The van der Waals surface area contributed by atoms with E-state index in [2.05, 4.69) is 5.10 Å². The molecule has 2 aromatic rings. The lowest BCUT2D eigenvalue weighted by Gasteiger charge is -2.06. The first-order valence-electron chi connectivity index (χ1n) is 4.51. The Morgan fingerprint density at radius 2 is 1.88 bits per heavy atom. The molecule has 1 heterocycles. The van der Waals surface area contributed by atoms with Gasteiger partial charge in [0.1, 0.15) is 0 Å². The Hall–Kier alpha value is -2.37. The number of nitrogens with zero attached hydrogens (tertiary/aromatic N) is 1. The first-order valence-corrected chi connectivity index (χ1v) is 4.51. The molecule has 0 bridgehead atoms. The second-order valence-corrected chi connectivity index (χ2v) is 3.25. The Morgan fingerprint density at radius 1 is 1.25 bits per heavy atom. The van der Waals surface area contributed by atoms with Crippen molar-refractivity contribution < 1.29 is 9.90 Å². The molecule has 1 aromatic heterocycles. The second kappa shape index (κ2) is 3.65. The highest BCUT2D eigenvalue weighted by molar-refractivity contribution is 5.80. The second-order valence-electron chi connectivity index (χ2n) is 3.25. The lowest BCUT2D eigenvalue weighted by atomic mass is 10.2. The van der Waals surface area contributed by atoms with E-state index in [9.17, 15) is 19.5 Å². The summed E-state index contributed by atoms with van der Waals surface area (Å²) in [5.41, 5.74) is -1.06. The fraction of sp³-hybridized carbons (Fsp3) is 0.100. The van der Waals surface area contributed by atoms with Gasteiger partial charge >= 0.3 is 0 Å². The van der Waals surface area contributed by atoms with Crippen molar-refractivity contribution in [2.75, 3.05) is 0 Å². The number of aromatic amines is 1. The van der Waals surface area contributed by atoms with Gasteiger partial charge in [0.05, 0.1) is 23.3 Å². The molecule has 0 saturated heterocycles. The van der Waals surface area contributed by atoms with Crippen molar-refractivity contribution in [1.29, 1.82) is 0 Å². The van der Waals surface area contributed by atoms with Crippen LogP contribution < -0.4 is 16.2 Å². The predicted octanol–water partition coefficient (Wildman–Crippen LogP) is -1.56. The maximum atomic E-state index is 11.7. The van der Waals surface area contributed by atoms with Crippen LogP contribution in [-0.2, 0) is 11.3 Å². The molecule has 0 fully saturated rings. The summed E-state index contributed by atoms with van der Waals surface area (Å²) in [6.45, 7) is -0.668. The Morgan fingerprint density at radius 3 is 2.50 bits per heavy atom. The number of benzene rings is 1. The van der Waals surface area contributed by atoms with E-state index < -0.39 is 23.6 Å². The summed E-state index contributed by atoms with van der Waals surface area (Å²) in [5.74, 6) is -1.44. The van der Waals surface area contributed by atoms with E-state index >= 15 is 0 Å². The number of hydrogen-bond acceptors (Lipinski definition) is 4. The number of carbonyl (C=O) groups is 1. The van der Waals surface area contributed by atoms with Crippen molar-refractivity contribution in [3.63, 3.8) is 0 Å². The molecule has 0 unspecified atom stereocenters. The number of fused-ring (bicyclic) bond motifs is 1. The largest absolute Gasteiger partial charge is 0.548 e.